The van der Waals surface area contributed by atoms with Crippen LogP contribution in [-0.2, 0) is 22.1 Å². The van der Waals surface area contributed by atoms with Gasteiger partial charge in [-0.3, -0.25) is 4.79 Å². The summed E-state index contributed by atoms with van der Waals surface area (Å²) in [6.45, 7) is 0.363. The number of amides is 1. The molecule has 0 radical (unpaired) electrons. The fraction of sp³-hybridized carbons (Fsp3) is 0.0606. The van der Waals surface area contributed by atoms with Gasteiger partial charge < -0.3 is 10.3 Å². The Morgan fingerprint density at radius 2 is 1.39 bits per heavy atom. The van der Waals surface area contributed by atoms with E-state index in [1.165, 1.54) is 0 Å². The zero-order valence-corrected chi connectivity index (χ0v) is 24.0. The molecule has 2 N–H and O–H groups in total. The SMILES string of the molecule is NC(=O)c1cccc2c1c1ccc(-c3c(Cl)cccc3Cl)cc1n2Cc1ccccc1CS(=O)(=O)c1ccccc1. The second-order valence-electron chi connectivity index (χ2n) is 9.82. The molecular weight excluding hydrogens is 575 g/mol. The Morgan fingerprint density at radius 1 is 0.732 bits per heavy atom. The van der Waals surface area contributed by atoms with Gasteiger partial charge in [-0.2, -0.15) is 0 Å². The standard InChI is InChI=1S/C33H24Cl2N2O3S/c34-27-13-7-14-28(35)31(27)21-16-17-25-30(18-21)37(29-15-6-12-26(32(25)29)33(36)38)19-22-8-4-5-9-23(22)20-41(39,40)24-10-2-1-3-11-24/h1-18H,19-20H2,(H2,36,38). The van der Waals surface area contributed by atoms with Crippen molar-refractivity contribution in [3.63, 3.8) is 0 Å². The molecular formula is C33H24Cl2N2O3S. The van der Waals surface area contributed by atoms with E-state index < -0.39 is 15.7 Å². The van der Waals surface area contributed by atoms with Gasteiger partial charge in [-0.25, -0.2) is 8.42 Å². The van der Waals surface area contributed by atoms with Gasteiger partial charge in [-0.1, -0.05) is 89.9 Å². The number of aromatic nitrogens is 1. The van der Waals surface area contributed by atoms with E-state index in [0.717, 1.165) is 32.9 Å². The molecule has 0 unspecified atom stereocenters. The van der Waals surface area contributed by atoms with E-state index in [1.54, 1.807) is 60.7 Å². The molecule has 204 valence electrons. The molecule has 0 atom stereocenters. The van der Waals surface area contributed by atoms with Crippen LogP contribution in [0.1, 0.15) is 21.5 Å². The van der Waals surface area contributed by atoms with Crippen LogP contribution in [0.4, 0.5) is 0 Å². The topological polar surface area (TPSA) is 82.2 Å². The zero-order valence-electron chi connectivity index (χ0n) is 21.7. The molecule has 0 aliphatic heterocycles. The van der Waals surface area contributed by atoms with Crippen molar-refractivity contribution in [3.05, 3.63) is 136 Å². The summed E-state index contributed by atoms with van der Waals surface area (Å²) in [4.78, 5) is 12.7. The summed E-state index contributed by atoms with van der Waals surface area (Å²) in [5.74, 6) is -0.667. The van der Waals surface area contributed by atoms with Gasteiger partial charge in [0, 0.05) is 38.5 Å². The van der Waals surface area contributed by atoms with Crippen molar-refractivity contribution >= 4 is 60.8 Å². The normalized spacial score (nSPS) is 11.8. The first-order valence-corrected chi connectivity index (χ1v) is 15.3. The van der Waals surface area contributed by atoms with Crippen molar-refractivity contribution in [1.82, 2.24) is 4.57 Å². The lowest BCUT2D eigenvalue weighted by atomic mass is 10.0. The highest BCUT2D eigenvalue weighted by molar-refractivity contribution is 7.90. The maximum Gasteiger partial charge on any atom is 0.249 e. The first-order valence-electron chi connectivity index (χ1n) is 12.9. The van der Waals surface area contributed by atoms with E-state index in [-0.39, 0.29) is 10.6 Å². The van der Waals surface area contributed by atoms with Crippen LogP contribution in [0.5, 0.6) is 0 Å². The van der Waals surface area contributed by atoms with E-state index in [2.05, 4.69) is 4.57 Å². The number of hydrogen-bond acceptors (Lipinski definition) is 3. The van der Waals surface area contributed by atoms with Gasteiger partial charge in [0.15, 0.2) is 9.84 Å². The van der Waals surface area contributed by atoms with Crippen LogP contribution in [-0.4, -0.2) is 18.9 Å². The largest absolute Gasteiger partial charge is 0.366 e. The third-order valence-electron chi connectivity index (χ3n) is 7.30. The van der Waals surface area contributed by atoms with Gasteiger partial charge in [0.2, 0.25) is 5.91 Å². The molecule has 5 nitrogen and oxygen atoms in total. The van der Waals surface area contributed by atoms with Crippen LogP contribution < -0.4 is 5.73 Å². The van der Waals surface area contributed by atoms with E-state index in [9.17, 15) is 13.2 Å². The zero-order chi connectivity index (χ0) is 28.7. The van der Waals surface area contributed by atoms with E-state index >= 15 is 0 Å². The fourth-order valence-corrected chi connectivity index (χ4v) is 7.43. The molecule has 0 fully saturated rings. The summed E-state index contributed by atoms with van der Waals surface area (Å²) < 4.78 is 28.6. The van der Waals surface area contributed by atoms with Crippen molar-refractivity contribution in [2.75, 3.05) is 0 Å². The maximum atomic E-state index is 13.3. The molecule has 0 aliphatic rings. The van der Waals surface area contributed by atoms with Gasteiger partial charge >= 0.3 is 0 Å². The smallest absolute Gasteiger partial charge is 0.249 e. The average Bonchev–Trinajstić information content (AvgIpc) is 3.27. The van der Waals surface area contributed by atoms with Gasteiger partial charge in [-0.15, -0.1) is 0 Å². The number of nitrogens with two attached hydrogens (primary N) is 1. The molecule has 41 heavy (non-hydrogen) atoms. The molecule has 0 aliphatic carbocycles. The number of carbonyl (C=O) groups excluding carboxylic acids is 1. The molecule has 1 heterocycles. The lowest BCUT2D eigenvalue weighted by Crippen LogP contribution is -2.11. The molecule has 0 saturated carbocycles. The van der Waals surface area contributed by atoms with Gasteiger partial charge in [-0.05, 0) is 59.2 Å². The number of benzene rings is 5. The second-order valence-corrected chi connectivity index (χ2v) is 12.6. The molecule has 5 aromatic carbocycles. The average molecular weight is 600 g/mol. The summed E-state index contributed by atoms with van der Waals surface area (Å²) in [5.41, 5.74) is 10.9. The summed E-state index contributed by atoms with van der Waals surface area (Å²) in [6, 6.07) is 32.7. The summed E-state index contributed by atoms with van der Waals surface area (Å²) in [6.07, 6.45) is 0. The number of halogens is 2. The Morgan fingerprint density at radius 3 is 2.10 bits per heavy atom. The lowest BCUT2D eigenvalue weighted by Gasteiger charge is -2.14. The summed E-state index contributed by atoms with van der Waals surface area (Å²) >= 11 is 13.1. The molecule has 8 heteroatoms. The first kappa shape index (κ1) is 27.1. The van der Waals surface area contributed by atoms with Crippen molar-refractivity contribution < 1.29 is 13.2 Å². The highest BCUT2D eigenvalue weighted by Gasteiger charge is 2.21. The van der Waals surface area contributed by atoms with Crippen LogP contribution in [0.25, 0.3) is 32.9 Å². The van der Waals surface area contributed by atoms with Crippen molar-refractivity contribution in [3.8, 4) is 11.1 Å². The van der Waals surface area contributed by atoms with Crippen LogP contribution in [0.2, 0.25) is 10.0 Å². The highest BCUT2D eigenvalue weighted by Crippen LogP contribution is 2.39. The summed E-state index contributed by atoms with van der Waals surface area (Å²) in [5, 5.41) is 2.62. The minimum absolute atomic E-state index is 0.142. The van der Waals surface area contributed by atoms with E-state index in [0.29, 0.717) is 33.3 Å². The van der Waals surface area contributed by atoms with E-state index in [4.69, 9.17) is 28.9 Å². The van der Waals surface area contributed by atoms with Gasteiger partial charge in [0.1, 0.15) is 0 Å². The third-order valence-corrected chi connectivity index (χ3v) is 9.61. The minimum Gasteiger partial charge on any atom is -0.366 e. The lowest BCUT2D eigenvalue weighted by molar-refractivity contribution is 0.100. The quantitative estimate of drug-likeness (QED) is 0.203. The second kappa shape index (κ2) is 10.7. The van der Waals surface area contributed by atoms with Crippen molar-refractivity contribution in [1.29, 1.82) is 0 Å². The predicted octanol–water partition coefficient (Wildman–Crippen LogP) is 7.89. The molecule has 1 aromatic heterocycles. The molecule has 0 spiro atoms. The maximum absolute atomic E-state index is 13.3. The van der Waals surface area contributed by atoms with Crippen LogP contribution in [0, 0.1) is 0 Å². The molecule has 0 saturated heterocycles. The number of carbonyl (C=O) groups is 1. The van der Waals surface area contributed by atoms with E-state index in [1.807, 2.05) is 48.5 Å². The Balaban J connectivity index is 1.55. The molecule has 6 rings (SSSR count). The molecule has 1 amide bonds. The van der Waals surface area contributed by atoms with Gasteiger partial charge in [0.05, 0.1) is 21.7 Å². The fourth-order valence-electron chi connectivity index (χ4n) is 5.39. The van der Waals surface area contributed by atoms with Crippen molar-refractivity contribution in [2.24, 2.45) is 5.73 Å². The number of primary amides is 1. The predicted molar refractivity (Wildman–Crippen MR) is 166 cm³/mol. The number of fused-ring (bicyclic) bond motifs is 3. The first-order chi connectivity index (χ1) is 19.7. The van der Waals surface area contributed by atoms with Crippen LogP contribution in [0.15, 0.2) is 114 Å². The van der Waals surface area contributed by atoms with Crippen LogP contribution in [0.3, 0.4) is 0 Å². The Labute approximate surface area is 247 Å². The monoisotopic (exact) mass is 598 g/mol. The van der Waals surface area contributed by atoms with Gasteiger partial charge in [0.25, 0.3) is 0 Å². The van der Waals surface area contributed by atoms with Crippen LogP contribution >= 0.6 is 23.2 Å². The minimum atomic E-state index is -3.57. The number of nitrogens with zero attached hydrogens (tertiary/aromatic N) is 1. The Kier molecular flexibility index (Phi) is 7.08. The molecule has 6 aromatic rings. The highest BCUT2D eigenvalue weighted by atomic mass is 35.5. The third kappa shape index (κ3) is 4.99. The number of hydrogen-bond donors (Lipinski definition) is 1. The summed E-state index contributed by atoms with van der Waals surface area (Å²) in [7, 11) is -3.57. The molecule has 0 bridgehead atoms. The van der Waals surface area contributed by atoms with Crippen molar-refractivity contribution in [2.45, 2.75) is 17.2 Å². The Bertz CT molecular complexity index is 2050. The Hall–Kier alpha value is -4.10. The number of rotatable bonds is 7. The number of sulfone groups is 1.